The van der Waals surface area contributed by atoms with Gasteiger partial charge in [-0.1, -0.05) is 18.9 Å². The highest BCUT2D eigenvalue weighted by molar-refractivity contribution is 5.80. The molecule has 0 amide bonds. The van der Waals surface area contributed by atoms with Gasteiger partial charge in [-0.25, -0.2) is 4.98 Å². The lowest BCUT2D eigenvalue weighted by Gasteiger charge is -2.27. The number of nitrogens with zero attached hydrogens (tertiary/aromatic N) is 3. The van der Waals surface area contributed by atoms with E-state index < -0.39 is 5.60 Å². The van der Waals surface area contributed by atoms with Gasteiger partial charge < -0.3 is 20.1 Å². The normalized spacial score (nSPS) is 24.0. The fraction of sp³-hybridized carbons (Fsp3) is 0.647. The molecule has 1 unspecified atom stereocenters. The molecule has 1 atom stereocenters. The Morgan fingerprint density at radius 1 is 1.48 bits per heavy atom. The van der Waals surface area contributed by atoms with Gasteiger partial charge in [-0.15, -0.1) is 0 Å². The molecule has 0 aromatic carbocycles. The van der Waals surface area contributed by atoms with E-state index in [0.717, 1.165) is 51.2 Å². The average molecular weight is 318 g/mol. The van der Waals surface area contributed by atoms with Crippen molar-refractivity contribution in [1.29, 1.82) is 0 Å². The topological polar surface area (TPSA) is 70.0 Å². The Kier molecular flexibility index (Phi) is 5.00. The van der Waals surface area contributed by atoms with Gasteiger partial charge in [0, 0.05) is 38.8 Å². The van der Waals surface area contributed by atoms with Crippen molar-refractivity contribution in [2.24, 2.45) is 4.99 Å². The lowest BCUT2D eigenvalue weighted by molar-refractivity contribution is 0.0516. The maximum absolute atomic E-state index is 10.5. The zero-order valence-corrected chi connectivity index (χ0v) is 13.7. The molecule has 1 saturated heterocycles. The van der Waals surface area contributed by atoms with Crippen LogP contribution in [0.3, 0.4) is 0 Å². The number of aliphatic imine (C=N–C) groups is 1. The van der Waals surface area contributed by atoms with E-state index in [1.807, 2.05) is 18.2 Å². The molecule has 1 aromatic heterocycles. The van der Waals surface area contributed by atoms with Crippen LogP contribution in [0.1, 0.15) is 32.1 Å². The van der Waals surface area contributed by atoms with Crippen molar-refractivity contribution in [3.63, 3.8) is 0 Å². The van der Waals surface area contributed by atoms with Crippen LogP contribution in [0.15, 0.2) is 29.4 Å². The molecule has 6 nitrogen and oxygen atoms in total. The number of pyridine rings is 1. The minimum atomic E-state index is -0.570. The highest BCUT2D eigenvalue weighted by Gasteiger charge is 2.32. The van der Waals surface area contributed by atoms with Crippen molar-refractivity contribution in [2.75, 3.05) is 26.7 Å². The van der Waals surface area contributed by atoms with Crippen LogP contribution < -0.4 is 10.1 Å². The number of likely N-dealkylation sites (tertiary alicyclic amines) is 1. The van der Waals surface area contributed by atoms with Crippen molar-refractivity contribution >= 4 is 5.96 Å². The van der Waals surface area contributed by atoms with E-state index in [2.05, 4.69) is 20.2 Å². The molecule has 2 heterocycles. The smallest absolute Gasteiger partial charge is 0.213 e. The second-order valence-electron chi connectivity index (χ2n) is 6.47. The first-order valence-electron chi connectivity index (χ1n) is 8.44. The largest absolute Gasteiger partial charge is 0.472 e. The van der Waals surface area contributed by atoms with E-state index in [9.17, 15) is 5.11 Å². The van der Waals surface area contributed by atoms with Gasteiger partial charge in [-0.05, 0) is 18.9 Å². The summed E-state index contributed by atoms with van der Waals surface area (Å²) in [6.45, 7) is 2.26. The van der Waals surface area contributed by atoms with E-state index in [0.29, 0.717) is 12.4 Å². The Balaban J connectivity index is 1.50. The molecule has 1 saturated carbocycles. The van der Waals surface area contributed by atoms with Crippen LogP contribution in [0.5, 0.6) is 5.88 Å². The molecule has 2 N–H and O–H groups in total. The highest BCUT2D eigenvalue weighted by atomic mass is 16.5. The summed E-state index contributed by atoms with van der Waals surface area (Å²) in [5.74, 6) is 1.51. The molecule has 1 aromatic rings. The standard InChI is InChI=1S/C17H26N4O2/c1-18-16(20-13-17(22)8-3-4-9-17)21-11-7-14(12-21)23-15-6-2-5-10-19-15/h2,5-6,10,14,22H,3-4,7-9,11-13H2,1H3,(H,18,20). The SMILES string of the molecule is CN=C(NCC1(O)CCCC1)N1CCC(Oc2ccccn2)C1. The van der Waals surface area contributed by atoms with Gasteiger partial charge in [0.25, 0.3) is 0 Å². The second kappa shape index (κ2) is 7.17. The van der Waals surface area contributed by atoms with Crippen molar-refractivity contribution in [2.45, 2.75) is 43.8 Å². The van der Waals surface area contributed by atoms with Crippen molar-refractivity contribution in [3.8, 4) is 5.88 Å². The molecule has 0 spiro atoms. The number of nitrogens with one attached hydrogen (secondary N) is 1. The number of hydrogen-bond donors (Lipinski definition) is 2. The minimum absolute atomic E-state index is 0.123. The predicted octanol–water partition coefficient (Wildman–Crippen LogP) is 1.42. The van der Waals surface area contributed by atoms with E-state index >= 15 is 0 Å². The molecule has 2 aliphatic rings. The van der Waals surface area contributed by atoms with Gasteiger partial charge in [0.1, 0.15) is 6.10 Å². The summed E-state index contributed by atoms with van der Waals surface area (Å²) in [7, 11) is 1.79. The summed E-state index contributed by atoms with van der Waals surface area (Å²) in [5, 5.41) is 13.8. The number of rotatable bonds is 4. The molecule has 2 fully saturated rings. The fourth-order valence-electron chi connectivity index (χ4n) is 3.39. The van der Waals surface area contributed by atoms with Crippen LogP contribution >= 0.6 is 0 Å². The molecule has 126 valence electrons. The van der Waals surface area contributed by atoms with Gasteiger partial charge in [0.2, 0.25) is 5.88 Å². The lowest BCUT2D eigenvalue weighted by atomic mass is 10.0. The van der Waals surface area contributed by atoms with Crippen molar-refractivity contribution in [1.82, 2.24) is 15.2 Å². The molecule has 3 rings (SSSR count). The molecule has 23 heavy (non-hydrogen) atoms. The molecule has 0 bridgehead atoms. The Morgan fingerprint density at radius 3 is 3.00 bits per heavy atom. The lowest BCUT2D eigenvalue weighted by Crippen LogP contribution is -2.47. The number of ether oxygens (including phenoxy) is 1. The molecule has 1 aliphatic heterocycles. The van der Waals surface area contributed by atoms with Crippen LogP contribution in [-0.2, 0) is 0 Å². The van der Waals surface area contributed by atoms with Crippen LogP contribution in [-0.4, -0.2) is 59.3 Å². The summed E-state index contributed by atoms with van der Waals surface area (Å²) in [5.41, 5.74) is -0.570. The summed E-state index contributed by atoms with van der Waals surface area (Å²) in [6.07, 6.45) is 6.79. The van der Waals surface area contributed by atoms with E-state index in [1.54, 1.807) is 13.2 Å². The maximum atomic E-state index is 10.5. The minimum Gasteiger partial charge on any atom is -0.472 e. The first-order chi connectivity index (χ1) is 11.2. The van der Waals surface area contributed by atoms with Crippen LogP contribution in [0.2, 0.25) is 0 Å². The summed E-state index contributed by atoms with van der Waals surface area (Å²) in [4.78, 5) is 10.7. The van der Waals surface area contributed by atoms with Gasteiger partial charge in [0.15, 0.2) is 5.96 Å². The summed E-state index contributed by atoms with van der Waals surface area (Å²) in [6, 6.07) is 5.69. The van der Waals surface area contributed by atoms with Crippen LogP contribution in [0.25, 0.3) is 0 Å². The third-order valence-corrected chi connectivity index (χ3v) is 4.69. The van der Waals surface area contributed by atoms with Gasteiger partial charge in [-0.3, -0.25) is 4.99 Å². The third kappa shape index (κ3) is 4.13. The quantitative estimate of drug-likeness (QED) is 0.649. The number of aliphatic hydroxyl groups is 1. The van der Waals surface area contributed by atoms with E-state index in [4.69, 9.17) is 4.74 Å². The number of hydrogen-bond acceptors (Lipinski definition) is 4. The Hall–Kier alpha value is -1.82. The first kappa shape index (κ1) is 16.1. The first-order valence-corrected chi connectivity index (χ1v) is 8.44. The fourth-order valence-corrected chi connectivity index (χ4v) is 3.39. The van der Waals surface area contributed by atoms with Gasteiger partial charge in [0.05, 0.1) is 12.1 Å². The molecular formula is C17H26N4O2. The Labute approximate surface area is 137 Å². The second-order valence-corrected chi connectivity index (χ2v) is 6.47. The van der Waals surface area contributed by atoms with Crippen molar-refractivity contribution < 1.29 is 9.84 Å². The Bertz CT molecular complexity index is 529. The maximum Gasteiger partial charge on any atom is 0.213 e. The monoisotopic (exact) mass is 318 g/mol. The summed E-state index contributed by atoms with van der Waals surface area (Å²) < 4.78 is 5.91. The molecule has 1 aliphatic carbocycles. The van der Waals surface area contributed by atoms with Gasteiger partial charge in [-0.2, -0.15) is 0 Å². The summed E-state index contributed by atoms with van der Waals surface area (Å²) >= 11 is 0. The molecule has 6 heteroatoms. The highest BCUT2D eigenvalue weighted by Crippen LogP contribution is 2.28. The Morgan fingerprint density at radius 2 is 2.30 bits per heavy atom. The number of guanidine groups is 1. The predicted molar refractivity (Wildman–Crippen MR) is 89.6 cm³/mol. The van der Waals surface area contributed by atoms with Crippen LogP contribution in [0.4, 0.5) is 0 Å². The van der Waals surface area contributed by atoms with E-state index in [1.165, 1.54) is 0 Å². The molecule has 0 radical (unpaired) electrons. The van der Waals surface area contributed by atoms with Crippen LogP contribution in [0, 0.1) is 0 Å². The number of aromatic nitrogens is 1. The van der Waals surface area contributed by atoms with Gasteiger partial charge >= 0.3 is 0 Å². The van der Waals surface area contributed by atoms with E-state index in [-0.39, 0.29) is 6.10 Å². The molecular weight excluding hydrogens is 292 g/mol. The average Bonchev–Trinajstić information content (AvgIpc) is 3.19. The third-order valence-electron chi connectivity index (χ3n) is 4.69. The zero-order chi connectivity index (χ0) is 16.1. The zero-order valence-electron chi connectivity index (χ0n) is 13.7. The van der Waals surface area contributed by atoms with Crippen molar-refractivity contribution in [3.05, 3.63) is 24.4 Å².